The largest absolute Gasteiger partial charge is 0.481 e. The lowest BCUT2D eigenvalue weighted by atomic mass is 9.74. The van der Waals surface area contributed by atoms with Crippen LogP contribution in [-0.2, 0) is 4.79 Å². The second kappa shape index (κ2) is 5.21. The fraction of sp³-hybridized carbons (Fsp3) is 0.600. The Labute approximate surface area is 98.8 Å². The Balaban J connectivity index is 2.41. The maximum absolute atomic E-state index is 11.4. The molecule has 5 nitrogen and oxygen atoms in total. The van der Waals surface area contributed by atoms with Gasteiger partial charge in [-0.1, -0.05) is 18.2 Å². The summed E-state index contributed by atoms with van der Waals surface area (Å²) in [6.07, 6.45) is 2.31. The monoisotopic (exact) mass is 246 g/mol. The third-order valence-corrected chi connectivity index (χ3v) is 2.75. The van der Waals surface area contributed by atoms with Crippen molar-refractivity contribution in [3.63, 3.8) is 0 Å². The van der Waals surface area contributed by atoms with Crippen molar-refractivity contribution in [2.45, 2.75) is 31.2 Å². The molecule has 0 atom stereocenters. The molecule has 1 fully saturated rings. The van der Waals surface area contributed by atoms with E-state index in [1.165, 1.54) is 0 Å². The van der Waals surface area contributed by atoms with Crippen LogP contribution < -0.4 is 10.6 Å². The molecular weight excluding hydrogens is 232 g/mol. The highest BCUT2D eigenvalue weighted by atomic mass is 35.5. The van der Waals surface area contributed by atoms with Gasteiger partial charge in [0.05, 0.1) is 18.5 Å². The standard InChI is InChI=1S/C10H15ClN2O3/c1-7(11)6-12-9(16)13-10(3-2-4-10)5-8(14)15/h1-6H2,(H,14,15)(H2,12,13,16). The van der Waals surface area contributed by atoms with E-state index in [2.05, 4.69) is 17.2 Å². The minimum absolute atomic E-state index is 0.0394. The quantitative estimate of drug-likeness (QED) is 0.687. The molecule has 0 aliphatic heterocycles. The number of hydrogen-bond acceptors (Lipinski definition) is 2. The molecule has 0 aromatic carbocycles. The number of carbonyl (C=O) groups is 2. The average molecular weight is 247 g/mol. The summed E-state index contributed by atoms with van der Waals surface area (Å²) in [4.78, 5) is 22.1. The van der Waals surface area contributed by atoms with E-state index in [0.717, 1.165) is 6.42 Å². The Morgan fingerprint density at radius 2 is 2.06 bits per heavy atom. The zero-order chi connectivity index (χ0) is 12.2. The zero-order valence-corrected chi connectivity index (χ0v) is 9.64. The maximum atomic E-state index is 11.4. The predicted molar refractivity (Wildman–Crippen MR) is 60.4 cm³/mol. The Morgan fingerprint density at radius 3 is 2.44 bits per heavy atom. The van der Waals surface area contributed by atoms with E-state index in [9.17, 15) is 9.59 Å². The van der Waals surface area contributed by atoms with Crippen LogP contribution in [0.25, 0.3) is 0 Å². The summed E-state index contributed by atoms with van der Waals surface area (Å²) in [7, 11) is 0. The van der Waals surface area contributed by atoms with Crippen LogP contribution in [0.4, 0.5) is 4.79 Å². The fourth-order valence-electron chi connectivity index (χ4n) is 1.70. The van der Waals surface area contributed by atoms with Crippen molar-refractivity contribution < 1.29 is 14.7 Å². The van der Waals surface area contributed by atoms with Crippen LogP contribution in [0.15, 0.2) is 11.6 Å². The molecule has 0 heterocycles. The van der Waals surface area contributed by atoms with Gasteiger partial charge < -0.3 is 15.7 Å². The van der Waals surface area contributed by atoms with Crippen molar-refractivity contribution in [1.82, 2.24) is 10.6 Å². The summed E-state index contributed by atoms with van der Waals surface area (Å²) in [5.41, 5.74) is -0.580. The highest BCUT2D eigenvalue weighted by Crippen LogP contribution is 2.34. The molecule has 0 aromatic rings. The van der Waals surface area contributed by atoms with E-state index in [0.29, 0.717) is 17.9 Å². The normalized spacial score (nSPS) is 17.1. The van der Waals surface area contributed by atoms with E-state index >= 15 is 0 Å². The lowest BCUT2D eigenvalue weighted by Crippen LogP contribution is -2.57. The first-order valence-corrected chi connectivity index (χ1v) is 5.42. The van der Waals surface area contributed by atoms with Gasteiger partial charge in [-0.25, -0.2) is 4.79 Å². The molecule has 1 aliphatic rings. The highest BCUT2D eigenvalue weighted by Gasteiger charge is 2.40. The number of hydrogen-bond donors (Lipinski definition) is 3. The third-order valence-electron chi connectivity index (χ3n) is 2.62. The summed E-state index contributed by atoms with van der Waals surface area (Å²) in [6.45, 7) is 3.61. The SMILES string of the molecule is C=C(Cl)CNC(=O)NC1(CC(=O)O)CCC1. The second-order valence-electron chi connectivity index (χ2n) is 4.03. The van der Waals surface area contributed by atoms with Gasteiger partial charge in [0.15, 0.2) is 0 Å². The number of rotatable bonds is 5. The molecule has 0 spiro atoms. The summed E-state index contributed by atoms with van der Waals surface area (Å²) in [5.74, 6) is -0.901. The molecule has 2 amide bonds. The molecule has 6 heteroatoms. The van der Waals surface area contributed by atoms with Crippen molar-refractivity contribution in [3.05, 3.63) is 11.6 Å². The van der Waals surface area contributed by atoms with Gasteiger partial charge >= 0.3 is 12.0 Å². The van der Waals surface area contributed by atoms with Gasteiger partial charge in [-0.15, -0.1) is 0 Å². The third kappa shape index (κ3) is 3.73. The molecule has 0 saturated heterocycles. The maximum Gasteiger partial charge on any atom is 0.315 e. The van der Waals surface area contributed by atoms with Crippen LogP contribution in [0.5, 0.6) is 0 Å². The first-order chi connectivity index (χ1) is 7.43. The second-order valence-corrected chi connectivity index (χ2v) is 4.56. The van der Waals surface area contributed by atoms with E-state index in [1.54, 1.807) is 0 Å². The minimum Gasteiger partial charge on any atom is -0.481 e. The molecule has 0 bridgehead atoms. The number of carbonyl (C=O) groups excluding carboxylic acids is 1. The lowest BCUT2D eigenvalue weighted by Gasteiger charge is -2.41. The Hall–Kier alpha value is -1.23. The summed E-state index contributed by atoms with van der Waals surface area (Å²) < 4.78 is 0. The molecule has 90 valence electrons. The topological polar surface area (TPSA) is 78.4 Å². The van der Waals surface area contributed by atoms with Crippen LogP contribution in [0, 0.1) is 0 Å². The van der Waals surface area contributed by atoms with Crippen molar-refractivity contribution in [3.8, 4) is 0 Å². The smallest absolute Gasteiger partial charge is 0.315 e. The van der Waals surface area contributed by atoms with Gasteiger partial charge in [0, 0.05) is 5.03 Å². The van der Waals surface area contributed by atoms with Crippen LogP contribution >= 0.6 is 11.6 Å². The fourth-order valence-corrected chi connectivity index (χ4v) is 1.77. The van der Waals surface area contributed by atoms with E-state index in [4.69, 9.17) is 16.7 Å². The summed E-state index contributed by atoms with van der Waals surface area (Å²) in [5, 5.41) is 14.3. The minimum atomic E-state index is -0.901. The first kappa shape index (κ1) is 12.8. The number of urea groups is 1. The summed E-state index contributed by atoms with van der Waals surface area (Å²) in [6, 6.07) is -0.400. The number of halogens is 1. The first-order valence-electron chi connectivity index (χ1n) is 5.05. The summed E-state index contributed by atoms with van der Waals surface area (Å²) >= 11 is 5.49. The molecule has 0 radical (unpaired) electrons. The van der Waals surface area contributed by atoms with Gasteiger partial charge in [-0.3, -0.25) is 4.79 Å². The van der Waals surface area contributed by atoms with Crippen LogP contribution in [0.3, 0.4) is 0 Å². The molecule has 1 aliphatic carbocycles. The average Bonchev–Trinajstić information content (AvgIpc) is 2.10. The van der Waals surface area contributed by atoms with Crippen molar-refractivity contribution in [2.24, 2.45) is 0 Å². The number of carboxylic acid groups (broad SMARTS) is 1. The van der Waals surface area contributed by atoms with Crippen molar-refractivity contribution >= 4 is 23.6 Å². The molecule has 16 heavy (non-hydrogen) atoms. The van der Waals surface area contributed by atoms with Crippen LogP contribution in [-0.4, -0.2) is 29.2 Å². The number of aliphatic carboxylic acids is 1. The van der Waals surface area contributed by atoms with Gasteiger partial charge in [0.2, 0.25) is 0 Å². The molecule has 0 unspecified atom stereocenters. The Kier molecular flexibility index (Phi) is 4.18. The van der Waals surface area contributed by atoms with Gasteiger partial charge in [0.1, 0.15) is 0 Å². The van der Waals surface area contributed by atoms with Crippen molar-refractivity contribution in [2.75, 3.05) is 6.54 Å². The van der Waals surface area contributed by atoms with E-state index < -0.39 is 17.5 Å². The molecule has 3 N–H and O–H groups in total. The molecular formula is C10H15ClN2O3. The van der Waals surface area contributed by atoms with Gasteiger partial charge in [-0.05, 0) is 19.3 Å². The number of amides is 2. The molecule has 1 rings (SSSR count). The predicted octanol–water partition coefficient (Wildman–Crippen LogP) is 1.44. The van der Waals surface area contributed by atoms with Crippen LogP contribution in [0.2, 0.25) is 0 Å². The Morgan fingerprint density at radius 1 is 1.44 bits per heavy atom. The highest BCUT2D eigenvalue weighted by molar-refractivity contribution is 6.29. The molecule has 0 aromatic heterocycles. The van der Waals surface area contributed by atoms with Crippen LogP contribution in [0.1, 0.15) is 25.7 Å². The Bertz CT molecular complexity index is 313. The van der Waals surface area contributed by atoms with E-state index in [1.807, 2.05) is 0 Å². The molecule has 1 saturated carbocycles. The lowest BCUT2D eigenvalue weighted by molar-refractivity contribution is -0.139. The van der Waals surface area contributed by atoms with Gasteiger partial charge in [-0.2, -0.15) is 0 Å². The van der Waals surface area contributed by atoms with E-state index in [-0.39, 0.29) is 13.0 Å². The van der Waals surface area contributed by atoms with Crippen molar-refractivity contribution in [1.29, 1.82) is 0 Å². The number of nitrogens with one attached hydrogen (secondary N) is 2. The number of carboxylic acids is 1. The zero-order valence-electron chi connectivity index (χ0n) is 8.88. The van der Waals surface area contributed by atoms with Gasteiger partial charge in [0.25, 0.3) is 0 Å².